The Morgan fingerprint density at radius 3 is 2.16 bits per heavy atom. The number of ether oxygens (including phenoxy) is 1. The predicted octanol–water partition coefficient (Wildman–Crippen LogP) is 6.97. The van der Waals surface area contributed by atoms with Gasteiger partial charge in [-0.1, -0.05) is 37.1 Å². The normalized spacial score (nSPS) is 12.9. The Bertz CT molecular complexity index is 1260. The maximum atomic E-state index is 14.5. The third kappa shape index (κ3) is 6.51. The second-order valence-electron chi connectivity index (χ2n) is 9.68. The fraction of sp³-hybridized carbons (Fsp3) is 0.433. The van der Waals surface area contributed by atoms with Gasteiger partial charge in [-0.3, -0.25) is 4.79 Å². The minimum atomic E-state index is -0.308. The van der Waals surface area contributed by atoms with E-state index in [2.05, 4.69) is 4.90 Å². The van der Waals surface area contributed by atoms with Crippen molar-refractivity contribution in [2.45, 2.75) is 65.7 Å². The lowest BCUT2D eigenvalue weighted by Gasteiger charge is -2.30. The molecule has 2 aromatic carbocycles. The molecule has 196 valence electrons. The van der Waals surface area contributed by atoms with Gasteiger partial charge in [0.25, 0.3) is 0 Å². The standard InChI is InChI=1S/C30H35F2N3O2/c1-4-37-27(36)11-7-5-6-8-16-35-17-9-10-26-30(35)34-29(23-15-13-21(3)25(32)19-23)28(33-26)22-14-12-20(2)24(31)18-22/h12-15,18-19H,4-11,16-17H2,1-3H3. The third-order valence-electron chi connectivity index (χ3n) is 6.84. The number of esters is 1. The summed E-state index contributed by atoms with van der Waals surface area (Å²) in [5.74, 6) is 0.0810. The monoisotopic (exact) mass is 507 g/mol. The predicted molar refractivity (Wildman–Crippen MR) is 143 cm³/mol. The van der Waals surface area contributed by atoms with Crippen LogP contribution in [0.15, 0.2) is 36.4 Å². The highest BCUT2D eigenvalue weighted by Gasteiger charge is 2.24. The summed E-state index contributed by atoms with van der Waals surface area (Å²) in [6, 6.07) is 10.1. The van der Waals surface area contributed by atoms with E-state index < -0.39 is 0 Å². The summed E-state index contributed by atoms with van der Waals surface area (Å²) in [6.07, 6.45) is 6.00. The summed E-state index contributed by atoms with van der Waals surface area (Å²) in [4.78, 5) is 23.8. The van der Waals surface area contributed by atoms with Crippen molar-refractivity contribution in [2.24, 2.45) is 0 Å². The summed E-state index contributed by atoms with van der Waals surface area (Å²) >= 11 is 0. The smallest absolute Gasteiger partial charge is 0.305 e. The molecule has 3 aromatic rings. The maximum Gasteiger partial charge on any atom is 0.305 e. The minimum absolute atomic E-state index is 0.132. The number of hydrogen-bond acceptors (Lipinski definition) is 5. The highest BCUT2D eigenvalue weighted by atomic mass is 19.1. The number of benzene rings is 2. The number of aryl methyl sites for hydroxylation is 3. The van der Waals surface area contributed by atoms with Crippen molar-refractivity contribution in [3.63, 3.8) is 0 Å². The number of nitrogens with zero attached hydrogens (tertiary/aromatic N) is 3. The Morgan fingerprint density at radius 1 is 0.919 bits per heavy atom. The van der Waals surface area contributed by atoms with E-state index in [1.165, 1.54) is 12.1 Å². The van der Waals surface area contributed by atoms with Crippen molar-refractivity contribution >= 4 is 11.8 Å². The first-order valence-corrected chi connectivity index (χ1v) is 13.2. The SMILES string of the molecule is CCOC(=O)CCCCCCN1CCCc2nc(-c3ccc(C)c(F)c3)c(-c3ccc(C)c(F)c3)nc21. The van der Waals surface area contributed by atoms with Crippen LogP contribution in [0.25, 0.3) is 22.5 Å². The quantitative estimate of drug-likeness (QED) is 0.219. The Morgan fingerprint density at radius 2 is 1.54 bits per heavy atom. The molecule has 5 nitrogen and oxygen atoms in total. The van der Waals surface area contributed by atoms with Crippen molar-refractivity contribution in [2.75, 3.05) is 24.6 Å². The van der Waals surface area contributed by atoms with E-state index in [0.29, 0.717) is 46.7 Å². The van der Waals surface area contributed by atoms with Gasteiger partial charge in [0.05, 0.1) is 23.7 Å². The van der Waals surface area contributed by atoms with Gasteiger partial charge in [-0.05, 0) is 69.7 Å². The van der Waals surface area contributed by atoms with E-state index in [1.54, 1.807) is 26.0 Å². The second-order valence-corrected chi connectivity index (χ2v) is 9.68. The van der Waals surface area contributed by atoms with Crippen molar-refractivity contribution in [3.05, 3.63) is 64.9 Å². The van der Waals surface area contributed by atoms with Crippen LogP contribution in [-0.2, 0) is 16.0 Å². The van der Waals surface area contributed by atoms with Crippen molar-refractivity contribution in [1.82, 2.24) is 9.97 Å². The van der Waals surface area contributed by atoms with Crippen LogP contribution in [0.1, 0.15) is 62.3 Å². The molecule has 7 heteroatoms. The van der Waals surface area contributed by atoms with Gasteiger partial charge in [0.15, 0.2) is 5.82 Å². The Balaban J connectivity index is 1.59. The van der Waals surface area contributed by atoms with Gasteiger partial charge in [-0.25, -0.2) is 18.7 Å². The van der Waals surface area contributed by atoms with Crippen LogP contribution >= 0.6 is 0 Å². The zero-order valence-electron chi connectivity index (χ0n) is 21.9. The van der Waals surface area contributed by atoms with Gasteiger partial charge < -0.3 is 9.64 Å². The number of carbonyl (C=O) groups is 1. The van der Waals surface area contributed by atoms with Crippen LogP contribution in [0.5, 0.6) is 0 Å². The van der Waals surface area contributed by atoms with Gasteiger partial charge in [0.2, 0.25) is 0 Å². The molecule has 0 saturated heterocycles. The first kappa shape index (κ1) is 26.7. The fourth-order valence-electron chi connectivity index (χ4n) is 4.68. The van der Waals surface area contributed by atoms with Gasteiger partial charge in [0.1, 0.15) is 11.6 Å². The molecule has 1 aromatic heterocycles. The maximum absolute atomic E-state index is 14.5. The molecular weight excluding hydrogens is 472 g/mol. The number of anilines is 1. The summed E-state index contributed by atoms with van der Waals surface area (Å²) in [6.45, 7) is 7.41. The van der Waals surface area contributed by atoms with E-state index >= 15 is 0 Å². The molecule has 1 aliphatic rings. The molecule has 0 atom stereocenters. The molecule has 0 bridgehead atoms. The third-order valence-corrected chi connectivity index (χ3v) is 6.84. The van der Waals surface area contributed by atoms with E-state index in [0.717, 1.165) is 63.1 Å². The second kappa shape index (κ2) is 12.3. The van der Waals surface area contributed by atoms with Crippen molar-refractivity contribution in [1.29, 1.82) is 0 Å². The topological polar surface area (TPSA) is 55.3 Å². The molecule has 0 amide bonds. The number of aromatic nitrogens is 2. The highest BCUT2D eigenvalue weighted by molar-refractivity contribution is 5.80. The lowest BCUT2D eigenvalue weighted by molar-refractivity contribution is -0.143. The molecule has 0 saturated carbocycles. The molecule has 0 fully saturated rings. The van der Waals surface area contributed by atoms with Crippen LogP contribution in [0.3, 0.4) is 0 Å². The van der Waals surface area contributed by atoms with Crippen LogP contribution in [0.4, 0.5) is 14.6 Å². The Labute approximate surface area is 217 Å². The van der Waals surface area contributed by atoms with Crippen LogP contribution in [0, 0.1) is 25.5 Å². The van der Waals surface area contributed by atoms with Gasteiger partial charge in [-0.2, -0.15) is 0 Å². The number of unbranched alkanes of at least 4 members (excludes halogenated alkanes) is 3. The minimum Gasteiger partial charge on any atom is -0.466 e. The molecule has 0 aliphatic carbocycles. The molecule has 2 heterocycles. The van der Waals surface area contributed by atoms with Gasteiger partial charge in [0, 0.05) is 30.6 Å². The van der Waals surface area contributed by atoms with Gasteiger partial charge in [-0.15, -0.1) is 0 Å². The summed E-state index contributed by atoms with van der Waals surface area (Å²) < 4.78 is 34.0. The Kier molecular flexibility index (Phi) is 8.85. The van der Waals surface area contributed by atoms with Crippen molar-refractivity contribution < 1.29 is 18.3 Å². The number of halogens is 2. The van der Waals surface area contributed by atoms with Crippen LogP contribution < -0.4 is 4.90 Å². The first-order chi connectivity index (χ1) is 17.9. The molecule has 0 unspecified atom stereocenters. The molecule has 0 N–H and O–H groups in total. The molecular formula is C30H35F2N3O2. The molecule has 4 rings (SSSR count). The lowest BCUT2D eigenvalue weighted by atomic mass is 10.00. The zero-order valence-corrected chi connectivity index (χ0v) is 21.9. The van der Waals surface area contributed by atoms with E-state index in [1.807, 2.05) is 19.1 Å². The molecule has 1 aliphatic heterocycles. The average Bonchev–Trinajstić information content (AvgIpc) is 2.89. The average molecular weight is 508 g/mol. The lowest BCUT2D eigenvalue weighted by Crippen LogP contribution is -2.32. The molecule has 0 spiro atoms. The number of hydrogen-bond donors (Lipinski definition) is 0. The van der Waals surface area contributed by atoms with Crippen LogP contribution in [0.2, 0.25) is 0 Å². The van der Waals surface area contributed by atoms with Gasteiger partial charge >= 0.3 is 5.97 Å². The number of carbonyl (C=O) groups excluding carboxylic acids is 1. The number of rotatable bonds is 10. The highest BCUT2D eigenvalue weighted by Crippen LogP contribution is 2.35. The zero-order chi connectivity index (χ0) is 26.4. The summed E-state index contributed by atoms with van der Waals surface area (Å²) in [5, 5.41) is 0. The first-order valence-electron chi connectivity index (χ1n) is 13.2. The summed E-state index contributed by atoms with van der Waals surface area (Å²) in [5.41, 5.74) is 4.39. The van der Waals surface area contributed by atoms with E-state index in [-0.39, 0.29) is 17.6 Å². The number of fused-ring (bicyclic) bond motifs is 1. The largest absolute Gasteiger partial charge is 0.466 e. The fourth-order valence-corrected chi connectivity index (χ4v) is 4.68. The van der Waals surface area contributed by atoms with E-state index in [4.69, 9.17) is 14.7 Å². The van der Waals surface area contributed by atoms with Crippen molar-refractivity contribution in [3.8, 4) is 22.5 Å². The Hall–Kier alpha value is -3.35. The molecule has 37 heavy (non-hydrogen) atoms. The molecule has 0 radical (unpaired) electrons. The summed E-state index contributed by atoms with van der Waals surface area (Å²) in [7, 11) is 0. The van der Waals surface area contributed by atoms with E-state index in [9.17, 15) is 13.6 Å². The van der Waals surface area contributed by atoms with Crippen LogP contribution in [-0.4, -0.2) is 35.6 Å².